The van der Waals surface area contributed by atoms with Crippen molar-refractivity contribution in [2.24, 2.45) is 0 Å². The first-order chi connectivity index (χ1) is 7.74. The lowest BCUT2D eigenvalue weighted by Gasteiger charge is -2.00. The summed E-state index contributed by atoms with van der Waals surface area (Å²) in [5.74, 6) is 1.31. The lowest BCUT2D eigenvalue weighted by Crippen LogP contribution is -2.01. The third-order valence-electron chi connectivity index (χ3n) is 2.60. The van der Waals surface area contributed by atoms with E-state index in [2.05, 4.69) is 15.3 Å². The zero-order valence-electron chi connectivity index (χ0n) is 8.35. The van der Waals surface area contributed by atoms with Gasteiger partial charge in [-0.3, -0.25) is 5.10 Å². The van der Waals surface area contributed by atoms with Crippen LogP contribution in [0.4, 0.5) is 0 Å². The number of H-pyrrole nitrogens is 1. The van der Waals surface area contributed by atoms with Crippen molar-refractivity contribution in [2.75, 3.05) is 0 Å². The van der Waals surface area contributed by atoms with Crippen molar-refractivity contribution >= 4 is 23.8 Å². The van der Waals surface area contributed by atoms with Crippen molar-refractivity contribution < 1.29 is 0 Å². The third kappa shape index (κ3) is 1.76. The Balaban J connectivity index is 2.05. The fraction of sp³-hybridized carbons (Fsp3) is 0.300. The molecule has 0 unspecified atom stereocenters. The molecule has 0 aliphatic heterocycles. The largest absolute Gasteiger partial charge is 0.295 e. The van der Waals surface area contributed by atoms with Crippen LogP contribution in [0.5, 0.6) is 0 Å². The predicted molar refractivity (Wildman–Crippen MR) is 63.5 cm³/mol. The van der Waals surface area contributed by atoms with Gasteiger partial charge in [0.15, 0.2) is 11.0 Å². The normalized spacial score (nSPS) is 15.3. The summed E-state index contributed by atoms with van der Waals surface area (Å²) in [6, 6.07) is 5.48. The Bertz CT molecular complexity index is 567. The van der Waals surface area contributed by atoms with Crippen molar-refractivity contribution in [3.05, 3.63) is 33.7 Å². The molecule has 2 aromatic rings. The van der Waals surface area contributed by atoms with Crippen LogP contribution in [-0.2, 0) is 0 Å². The zero-order chi connectivity index (χ0) is 11.1. The Labute approximate surface area is 102 Å². The molecule has 1 fully saturated rings. The molecule has 2 aromatic heterocycles. The van der Waals surface area contributed by atoms with Crippen LogP contribution < -0.4 is 0 Å². The highest BCUT2D eigenvalue weighted by Gasteiger charge is 2.25. The molecular weight excluding hydrogens is 244 g/mol. The molecule has 0 bridgehead atoms. The van der Waals surface area contributed by atoms with Gasteiger partial charge in [-0.15, -0.1) is 10.2 Å². The molecule has 1 aliphatic carbocycles. The zero-order valence-corrected chi connectivity index (χ0v) is 9.92. The lowest BCUT2D eigenvalue weighted by atomic mass is 10.3. The van der Waals surface area contributed by atoms with Crippen LogP contribution in [0.15, 0.2) is 18.2 Å². The van der Waals surface area contributed by atoms with E-state index in [0.717, 1.165) is 4.64 Å². The van der Waals surface area contributed by atoms with Crippen LogP contribution in [0.3, 0.4) is 0 Å². The fourth-order valence-electron chi connectivity index (χ4n) is 1.62. The van der Waals surface area contributed by atoms with E-state index in [1.807, 2.05) is 6.07 Å². The van der Waals surface area contributed by atoms with E-state index in [1.165, 1.54) is 18.5 Å². The summed E-state index contributed by atoms with van der Waals surface area (Å²) >= 11 is 11.0. The first-order valence-electron chi connectivity index (χ1n) is 5.05. The molecular formula is C10H9ClN4S. The van der Waals surface area contributed by atoms with Crippen LogP contribution in [-0.4, -0.2) is 20.0 Å². The van der Waals surface area contributed by atoms with Gasteiger partial charge in [0.25, 0.3) is 0 Å². The van der Waals surface area contributed by atoms with E-state index in [0.29, 0.717) is 16.9 Å². The molecule has 4 nitrogen and oxygen atoms in total. The van der Waals surface area contributed by atoms with Crippen molar-refractivity contribution in [1.82, 2.24) is 20.0 Å². The number of hydrogen-bond donors (Lipinski definition) is 1. The van der Waals surface area contributed by atoms with Crippen LogP contribution in [0.1, 0.15) is 24.5 Å². The summed E-state index contributed by atoms with van der Waals surface area (Å²) in [6.07, 6.45) is 2.48. The summed E-state index contributed by atoms with van der Waals surface area (Å²) in [4.78, 5) is 0. The summed E-state index contributed by atoms with van der Waals surface area (Å²) in [6.45, 7) is 0. The maximum absolute atomic E-state index is 5.69. The van der Waals surface area contributed by atoms with Crippen molar-refractivity contribution in [3.8, 4) is 5.82 Å². The first-order valence-corrected chi connectivity index (χ1v) is 5.84. The van der Waals surface area contributed by atoms with Gasteiger partial charge in [0.1, 0.15) is 4.64 Å². The second kappa shape index (κ2) is 3.68. The molecule has 16 heavy (non-hydrogen) atoms. The quantitative estimate of drug-likeness (QED) is 0.836. The van der Waals surface area contributed by atoms with Gasteiger partial charge in [-0.05, 0) is 31.0 Å². The topological polar surface area (TPSA) is 46.5 Å². The Morgan fingerprint density at radius 3 is 2.81 bits per heavy atom. The highest BCUT2D eigenvalue weighted by Crippen LogP contribution is 2.39. The molecule has 0 radical (unpaired) electrons. The molecule has 0 saturated heterocycles. The second-order valence-electron chi connectivity index (χ2n) is 3.87. The van der Waals surface area contributed by atoms with Gasteiger partial charge in [0, 0.05) is 11.6 Å². The monoisotopic (exact) mass is 252 g/mol. The average molecular weight is 253 g/mol. The summed E-state index contributed by atoms with van der Waals surface area (Å²) in [5.41, 5.74) is 1.18. The van der Waals surface area contributed by atoms with Crippen LogP contribution in [0.2, 0.25) is 5.15 Å². The average Bonchev–Trinajstić information content (AvgIpc) is 3.04. The van der Waals surface area contributed by atoms with E-state index in [9.17, 15) is 0 Å². The van der Waals surface area contributed by atoms with Gasteiger partial charge >= 0.3 is 0 Å². The van der Waals surface area contributed by atoms with Gasteiger partial charge in [-0.2, -0.15) is 0 Å². The molecule has 3 rings (SSSR count). The maximum Gasteiger partial charge on any atom is 0.175 e. The Morgan fingerprint density at radius 2 is 2.19 bits per heavy atom. The Hall–Kier alpha value is -1.20. The minimum Gasteiger partial charge on any atom is -0.295 e. The van der Waals surface area contributed by atoms with Gasteiger partial charge in [0.2, 0.25) is 0 Å². The number of nitrogens with one attached hydrogen (secondary N) is 1. The second-order valence-corrected chi connectivity index (χ2v) is 4.68. The molecule has 6 heteroatoms. The summed E-state index contributed by atoms with van der Waals surface area (Å²) < 4.78 is 2.48. The number of aromatic amines is 1. The van der Waals surface area contributed by atoms with Gasteiger partial charge in [-0.25, -0.2) is 4.68 Å². The van der Waals surface area contributed by atoms with Gasteiger partial charge < -0.3 is 0 Å². The molecule has 0 atom stereocenters. The molecule has 2 heterocycles. The molecule has 1 N–H and O–H groups in total. The SMILES string of the molecule is S=c1cc(C2CC2)[nH]n1-c1ccc(Cl)nn1. The highest BCUT2D eigenvalue weighted by atomic mass is 35.5. The molecule has 1 saturated carbocycles. The van der Waals surface area contributed by atoms with E-state index in [-0.39, 0.29) is 0 Å². The summed E-state index contributed by atoms with van der Waals surface area (Å²) in [5, 5.41) is 11.4. The Kier molecular flexibility index (Phi) is 2.29. The highest BCUT2D eigenvalue weighted by molar-refractivity contribution is 7.71. The smallest absolute Gasteiger partial charge is 0.175 e. The van der Waals surface area contributed by atoms with Crippen molar-refractivity contribution in [3.63, 3.8) is 0 Å². The predicted octanol–water partition coefficient (Wildman–Crippen LogP) is 2.86. The number of hydrogen-bond acceptors (Lipinski definition) is 3. The third-order valence-corrected chi connectivity index (χ3v) is 3.11. The van der Waals surface area contributed by atoms with E-state index < -0.39 is 0 Å². The Morgan fingerprint density at radius 1 is 1.38 bits per heavy atom. The summed E-state index contributed by atoms with van der Waals surface area (Å²) in [7, 11) is 0. The minimum atomic E-state index is 0.379. The van der Waals surface area contributed by atoms with E-state index in [1.54, 1.807) is 16.8 Å². The number of nitrogens with zero attached hydrogens (tertiary/aromatic N) is 3. The standard InChI is InChI=1S/C10H9ClN4S/c11-8-3-4-9(13-12-8)15-10(16)5-7(14-15)6-1-2-6/h3-6,14H,1-2H2. The maximum atomic E-state index is 5.69. The molecule has 1 aliphatic rings. The van der Waals surface area contributed by atoms with Crippen LogP contribution in [0, 0.1) is 4.64 Å². The van der Waals surface area contributed by atoms with Gasteiger partial charge in [-0.1, -0.05) is 23.8 Å². The minimum absolute atomic E-state index is 0.379. The van der Waals surface area contributed by atoms with Crippen molar-refractivity contribution in [2.45, 2.75) is 18.8 Å². The lowest BCUT2D eigenvalue weighted by molar-refractivity contribution is 0.782. The number of rotatable bonds is 2. The number of halogens is 1. The van der Waals surface area contributed by atoms with E-state index in [4.69, 9.17) is 23.8 Å². The molecule has 0 spiro atoms. The van der Waals surface area contributed by atoms with E-state index >= 15 is 0 Å². The molecule has 82 valence electrons. The molecule has 0 aromatic carbocycles. The van der Waals surface area contributed by atoms with Crippen LogP contribution >= 0.6 is 23.8 Å². The number of aromatic nitrogens is 4. The fourth-order valence-corrected chi connectivity index (χ4v) is 1.98. The first kappa shape index (κ1) is 9.99. The van der Waals surface area contributed by atoms with Crippen molar-refractivity contribution in [1.29, 1.82) is 0 Å². The van der Waals surface area contributed by atoms with Gasteiger partial charge in [0.05, 0.1) is 0 Å². The molecule has 0 amide bonds. The van der Waals surface area contributed by atoms with Crippen LogP contribution in [0.25, 0.3) is 5.82 Å².